The van der Waals surface area contributed by atoms with Crippen LogP contribution in [-0.2, 0) is 10.3 Å². The number of carbonyl (C=O) groups excluding carboxylic acids is 1. The van der Waals surface area contributed by atoms with Crippen molar-refractivity contribution in [3.05, 3.63) is 71.3 Å². The minimum Gasteiger partial charge on any atom is -0.508 e. The number of halogens is 2. The molecule has 0 saturated carbocycles. The summed E-state index contributed by atoms with van der Waals surface area (Å²) in [5, 5.41) is 10.0. The largest absolute Gasteiger partial charge is 0.508 e. The molecule has 148 valence electrons. The molecule has 3 rings (SSSR count). The molecule has 2 aromatic carbocycles. The van der Waals surface area contributed by atoms with Gasteiger partial charge in [0.1, 0.15) is 17.4 Å². The van der Waals surface area contributed by atoms with Crippen molar-refractivity contribution in [3.63, 3.8) is 0 Å². The Labute approximate surface area is 163 Å². The molecule has 0 saturated heterocycles. The fraction of sp³-hybridized carbons (Fsp3) is 0.318. The summed E-state index contributed by atoms with van der Waals surface area (Å²) in [5.41, 5.74) is 6.39. The number of phenolic OH excluding ortho intramolecular Hbond substituents is 1. The molecule has 28 heavy (non-hydrogen) atoms. The lowest BCUT2D eigenvalue weighted by Gasteiger charge is -2.46. The van der Waals surface area contributed by atoms with E-state index in [1.54, 1.807) is 23.1 Å². The van der Waals surface area contributed by atoms with Crippen LogP contribution < -0.4 is 5.73 Å². The van der Waals surface area contributed by atoms with Crippen LogP contribution in [-0.4, -0.2) is 29.0 Å². The molecule has 4 nitrogen and oxygen atoms in total. The van der Waals surface area contributed by atoms with E-state index < -0.39 is 17.2 Å². The Hall–Kier alpha value is -2.73. The van der Waals surface area contributed by atoms with Gasteiger partial charge in [-0.25, -0.2) is 8.78 Å². The van der Waals surface area contributed by atoms with Crippen LogP contribution in [0.25, 0.3) is 5.57 Å². The van der Waals surface area contributed by atoms with Gasteiger partial charge in [0.15, 0.2) is 0 Å². The number of phenols is 1. The van der Waals surface area contributed by atoms with E-state index in [9.17, 15) is 18.7 Å². The fourth-order valence-electron chi connectivity index (χ4n) is 4.00. The third kappa shape index (κ3) is 3.78. The molecule has 0 fully saturated rings. The normalized spacial score (nSPS) is 19.4. The van der Waals surface area contributed by atoms with E-state index in [0.29, 0.717) is 43.5 Å². The van der Waals surface area contributed by atoms with Crippen molar-refractivity contribution in [2.24, 2.45) is 5.73 Å². The van der Waals surface area contributed by atoms with E-state index in [-0.39, 0.29) is 17.2 Å². The summed E-state index contributed by atoms with van der Waals surface area (Å²) in [6.07, 6.45) is 3.37. The molecule has 1 amide bonds. The number of nitrogens with zero attached hydrogens (tertiary/aromatic N) is 1. The van der Waals surface area contributed by atoms with Gasteiger partial charge in [-0.15, -0.1) is 0 Å². The fourth-order valence-corrected chi connectivity index (χ4v) is 4.00. The summed E-state index contributed by atoms with van der Waals surface area (Å²) in [6.45, 7) is 2.27. The van der Waals surface area contributed by atoms with E-state index in [2.05, 4.69) is 0 Å². The molecule has 0 radical (unpaired) electrons. The average Bonchev–Trinajstić information content (AvgIpc) is 2.67. The molecule has 1 unspecified atom stereocenters. The molecule has 1 atom stereocenters. The van der Waals surface area contributed by atoms with Gasteiger partial charge < -0.3 is 15.7 Å². The lowest BCUT2D eigenvalue weighted by molar-refractivity contribution is -0.134. The highest BCUT2D eigenvalue weighted by atomic mass is 19.1. The molecule has 1 aliphatic heterocycles. The van der Waals surface area contributed by atoms with Crippen LogP contribution in [0.5, 0.6) is 5.75 Å². The van der Waals surface area contributed by atoms with Gasteiger partial charge in [0.2, 0.25) is 5.91 Å². The molecular weight excluding hydrogens is 362 g/mol. The van der Waals surface area contributed by atoms with Gasteiger partial charge in [0, 0.05) is 19.0 Å². The Morgan fingerprint density at radius 2 is 2.04 bits per heavy atom. The first kappa shape index (κ1) is 20.0. The predicted octanol–water partition coefficient (Wildman–Crippen LogP) is 3.94. The van der Waals surface area contributed by atoms with E-state index >= 15 is 0 Å². The minimum absolute atomic E-state index is 0.0746. The summed E-state index contributed by atoms with van der Waals surface area (Å²) in [7, 11) is 0. The molecular formula is C22H24F2N2O2. The summed E-state index contributed by atoms with van der Waals surface area (Å²) in [6, 6.07) is 10.1. The second kappa shape index (κ2) is 8.10. The SMILES string of the molecule is CC(=O)N1CCC(c2cc(F)ccc2F)=CC1(CCCN)c1cccc(O)c1. The standard InChI is InChI=1S/C22H24F2N2O2/c1-15(27)26-11-8-16(20-13-18(23)6-7-21(20)24)14-22(26,9-3-10-25)17-4-2-5-19(28)12-17/h2,4-7,12-14,28H,3,8-11,25H2,1H3. The predicted molar refractivity (Wildman–Crippen MR) is 104 cm³/mol. The van der Waals surface area contributed by atoms with Crippen molar-refractivity contribution >= 4 is 11.5 Å². The minimum atomic E-state index is -0.893. The Balaban J connectivity index is 2.23. The number of hydrogen-bond donors (Lipinski definition) is 2. The maximum absolute atomic E-state index is 14.4. The maximum Gasteiger partial charge on any atom is 0.220 e. The number of benzene rings is 2. The van der Waals surface area contributed by atoms with Crippen molar-refractivity contribution in [1.29, 1.82) is 0 Å². The topological polar surface area (TPSA) is 66.6 Å². The first-order valence-electron chi connectivity index (χ1n) is 9.32. The molecule has 1 heterocycles. The number of carbonyl (C=O) groups is 1. The number of nitrogens with two attached hydrogens (primary N) is 1. The maximum atomic E-state index is 14.4. The third-order valence-corrected chi connectivity index (χ3v) is 5.26. The van der Waals surface area contributed by atoms with Crippen molar-refractivity contribution in [1.82, 2.24) is 4.90 Å². The summed E-state index contributed by atoms with van der Waals surface area (Å²) >= 11 is 0. The van der Waals surface area contributed by atoms with Crippen LogP contribution >= 0.6 is 0 Å². The van der Waals surface area contributed by atoms with Gasteiger partial charge in [-0.1, -0.05) is 18.2 Å². The van der Waals surface area contributed by atoms with Crippen molar-refractivity contribution in [2.45, 2.75) is 31.7 Å². The Morgan fingerprint density at radius 3 is 2.71 bits per heavy atom. The zero-order valence-electron chi connectivity index (χ0n) is 15.8. The Bertz CT molecular complexity index is 913. The first-order valence-corrected chi connectivity index (χ1v) is 9.32. The highest BCUT2D eigenvalue weighted by Crippen LogP contribution is 2.43. The van der Waals surface area contributed by atoms with Gasteiger partial charge in [-0.2, -0.15) is 0 Å². The van der Waals surface area contributed by atoms with Crippen LogP contribution in [0.4, 0.5) is 8.78 Å². The highest BCUT2D eigenvalue weighted by Gasteiger charge is 2.41. The summed E-state index contributed by atoms with van der Waals surface area (Å²) in [5.74, 6) is -1.08. The van der Waals surface area contributed by atoms with Crippen LogP contribution in [0.15, 0.2) is 48.5 Å². The van der Waals surface area contributed by atoms with Crippen LogP contribution in [0, 0.1) is 11.6 Å². The van der Waals surface area contributed by atoms with Crippen molar-refractivity contribution in [3.8, 4) is 5.75 Å². The second-order valence-corrected chi connectivity index (χ2v) is 7.08. The van der Waals surface area contributed by atoms with Crippen LogP contribution in [0.3, 0.4) is 0 Å². The van der Waals surface area contributed by atoms with Crippen LogP contribution in [0.1, 0.15) is 37.3 Å². The Kier molecular flexibility index (Phi) is 5.79. The van der Waals surface area contributed by atoms with Gasteiger partial charge in [-0.05, 0) is 67.3 Å². The van der Waals surface area contributed by atoms with Gasteiger partial charge >= 0.3 is 0 Å². The van der Waals surface area contributed by atoms with Crippen molar-refractivity contribution < 1.29 is 18.7 Å². The molecule has 1 aliphatic rings. The first-order chi connectivity index (χ1) is 13.4. The lowest BCUT2D eigenvalue weighted by atomic mass is 9.77. The van der Waals surface area contributed by atoms with E-state index in [1.165, 1.54) is 13.0 Å². The van der Waals surface area contributed by atoms with Gasteiger partial charge in [0.05, 0.1) is 5.54 Å². The molecule has 0 spiro atoms. The van der Waals surface area contributed by atoms with Crippen molar-refractivity contribution in [2.75, 3.05) is 13.1 Å². The van der Waals surface area contributed by atoms with E-state index in [4.69, 9.17) is 5.73 Å². The number of aromatic hydroxyl groups is 1. The summed E-state index contributed by atoms with van der Waals surface area (Å²) < 4.78 is 28.2. The van der Waals surface area contributed by atoms with Crippen LogP contribution in [0.2, 0.25) is 0 Å². The number of amides is 1. The van der Waals surface area contributed by atoms with Gasteiger partial charge in [0.25, 0.3) is 0 Å². The Morgan fingerprint density at radius 1 is 1.25 bits per heavy atom. The number of hydrogen-bond acceptors (Lipinski definition) is 3. The van der Waals surface area contributed by atoms with E-state index in [0.717, 1.165) is 12.1 Å². The quantitative estimate of drug-likeness (QED) is 0.818. The second-order valence-electron chi connectivity index (χ2n) is 7.08. The zero-order chi connectivity index (χ0) is 20.3. The molecule has 0 aliphatic carbocycles. The molecule has 2 aromatic rings. The number of rotatable bonds is 5. The zero-order valence-corrected chi connectivity index (χ0v) is 15.8. The third-order valence-electron chi connectivity index (χ3n) is 5.26. The van der Waals surface area contributed by atoms with Gasteiger partial charge in [-0.3, -0.25) is 4.79 Å². The average molecular weight is 386 g/mol. The molecule has 6 heteroatoms. The highest BCUT2D eigenvalue weighted by molar-refractivity contribution is 5.78. The smallest absolute Gasteiger partial charge is 0.220 e. The molecule has 0 bridgehead atoms. The van der Waals surface area contributed by atoms with E-state index in [1.807, 2.05) is 12.1 Å². The monoisotopic (exact) mass is 386 g/mol. The lowest BCUT2D eigenvalue weighted by Crippen LogP contribution is -2.50. The summed E-state index contributed by atoms with van der Waals surface area (Å²) in [4.78, 5) is 14.2. The molecule has 0 aromatic heterocycles. The molecule has 3 N–H and O–H groups in total.